The number of aromatic nitrogens is 1. The number of carbonyl (C=O) groups is 2. The molecule has 11 nitrogen and oxygen atoms in total. The largest absolute Gasteiger partial charge is 0.293 e. The predicted molar refractivity (Wildman–Crippen MR) is 152 cm³/mol. The Morgan fingerprint density at radius 3 is 2.22 bits per heavy atom. The molecule has 3 aromatic rings. The van der Waals surface area contributed by atoms with Gasteiger partial charge in [0.25, 0.3) is 17.5 Å². The standard InChI is InChI=1S/C28H26BrN5O6S/c29-25-12-7-18(15-30-25)26-23-16-31(41(39,40)20-10-8-19(9-11-20)34(37)38)13-3-4-14-32(23)24(26)17-33-27(35)21-5-1-2-6-22(21)28(33)36/h1-2,5-12,15,23-24,26H,3-4,13-14,16-17H2/t23-,24+,26+/m0/s1. The first-order chi connectivity index (χ1) is 19.7. The van der Waals surface area contributed by atoms with Crippen LogP contribution in [0.4, 0.5) is 5.69 Å². The molecule has 0 aliphatic carbocycles. The molecule has 212 valence electrons. The van der Waals surface area contributed by atoms with Gasteiger partial charge in [0.1, 0.15) is 4.60 Å². The molecule has 0 radical (unpaired) electrons. The lowest BCUT2D eigenvalue weighted by Gasteiger charge is -2.58. The Bertz CT molecular complexity index is 1600. The van der Waals surface area contributed by atoms with Crippen LogP contribution in [-0.4, -0.2) is 82.5 Å². The quantitative estimate of drug-likeness (QED) is 0.173. The third-order valence-electron chi connectivity index (χ3n) is 8.21. The molecular weight excluding hydrogens is 614 g/mol. The number of pyridine rings is 1. The Morgan fingerprint density at radius 2 is 1.61 bits per heavy atom. The number of non-ortho nitro benzene ring substituents is 1. The van der Waals surface area contributed by atoms with Crippen molar-refractivity contribution in [2.24, 2.45) is 0 Å². The maximum Gasteiger partial charge on any atom is 0.269 e. The fourth-order valence-corrected chi connectivity index (χ4v) is 7.92. The average molecular weight is 641 g/mol. The van der Waals surface area contributed by atoms with Gasteiger partial charge in [0.2, 0.25) is 10.0 Å². The molecule has 0 saturated carbocycles. The van der Waals surface area contributed by atoms with E-state index in [2.05, 4.69) is 25.8 Å². The second kappa shape index (κ2) is 10.7. The van der Waals surface area contributed by atoms with E-state index in [-0.39, 0.29) is 53.5 Å². The molecule has 6 rings (SSSR count). The summed E-state index contributed by atoms with van der Waals surface area (Å²) in [5, 5.41) is 11.1. The molecule has 4 heterocycles. The molecule has 2 saturated heterocycles. The molecule has 3 atom stereocenters. The SMILES string of the molecule is O=C1c2ccccc2C(=O)N1C[C@@H]1[C@H](c2ccc(Br)nc2)[C@@H]2CN(S(=O)(=O)c3ccc([N+](=O)[O-])cc3)CCCCN12. The minimum absolute atomic E-state index is 0.000945. The smallest absolute Gasteiger partial charge is 0.269 e. The number of nitro groups is 1. The van der Waals surface area contributed by atoms with Gasteiger partial charge < -0.3 is 0 Å². The number of amides is 2. The van der Waals surface area contributed by atoms with Crippen LogP contribution in [-0.2, 0) is 10.0 Å². The van der Waals surface area contributed by atoms with Crippen molar-refractivity contribution >= 4 is 43.5 Å². The number of sulfonamides is 1. The highest BCUT2D eigenvalue weighted by atomic mass is 79.9. The molecule has 3 aliphatic heterocycles. The molecule has 0 bridgehead atoms. The summed E-state index contributed by atoms with van der Waals surface area (Å²) in [4.78, 5) is 44.8. The van der Waals surface area contributed by atoms with E-state index in [4.69, 9.17) is 0 Å². The van der Waals surface area contributed by atoms with E-state index in [1.54, 1.807) is 30.5 Å². The van der Waals surface area contributed by atoms with Gasteiger partial charge in [0, 0.05) is 56.0 Å². The number of rotatable bonds is 6. The topological polar surface area (TPSA) is 134 Å². The Labute approximate surface area is 245 Å². The van der Waals surface area contributed by atoms with Crippen LogP contribution in [0.25, 0.3) is 0 Å². The average Bonchev–Trinajstić information content (AvgIpc) is 3.19. The number of fused-ring (bicyclic) bond motifs is 2. The van der Waals surface area contributed by atoms with E-state index >= 15 is 0 Å². The van der Waals surface area contributed by atoms with Gasteiger partial charge in [-0.15, -0.1) is 0 Å². The molecular formula is C28H26BrN5O6S. The van der Waals surface area contributed by atoms with E-state index in [9.17, 15) is 28.1 Å². The van der Waals surface area contributed by atoms with Crippen LogP contribution in [0.2, 0.25) is 0 Å². The number of halogens is 1. The summed E-state index contributed by atoms with van der Waals surface area (Å²) in [6, 6.07) is 15.0. The van der Waals surface area contributed by atoms with Gasteiger partial charge in [-0.25, -0.2) is 13.4 Å². The van der Waals surface area contributed by atoms with Crippen LogP contribution >= 0.6 is 15.9 Å². The van der Waals surface area contributed by atoms with Crippen LogP contribution in [0, 0.1) is 10.1 Å². The molecule has 2 amide bonds. The van der Waals surface area contributed by atoms with Gasteiger partial charge in [-0.2, -0.15) is 4.31 Å². The summed E-state index contributed by atoms with van der Waals surface area (Å²) in [6.45, 7) is 1.39. The van der Waals surface area contributed by atoms with Crippen LogP contribution in [0.5, 0.6) is 0 Å². The lowest BCUT2D eigenvalue weighted by Crippen LogP contribution is -2.69. The van der Waals surface area contributed by atoms with E-state index in [1.807, 2.05) is 12.1 Å². The molecule has 2 aromatic carbocycles. The van der Waals surface area contributed by atoms with E-state index in [0.717, 1.165) is 12.0 Å². The fourth-order valence-electron chi connectivity index (χ4n) is 6.19. The van der Waals surface area contributed by atoms with Crippen molar-refractivity contribution in [2.75, 3.05) is 26.2 Å². The molecule has 0 unspecified atom stereocenters. The third-order valence-corrected chi connectivity index (χ3v) is 10.6. The predicted octanol–water partition coefficient (Wildman–Crippen LogP) is 3.67. The normalized spacial score (nSPS) is 23.3. The van der Waals surface area contributed by atoms with Gasteiger partial charge in [-0.1, -0.05) is 18.2 Å². The zero-order chi connectivity index (χ0) is 28.9. The highest BCUT2D eigenvalue weighted by Gasteiger charge is 2.53. The highest BCUT2D eigenvalue weighted by molar-refractivity contribution is 9.10. The Balaban J connectivity index is 1.31. The van der Waals surface area contributed by atoms with Crippen LogP contribution in [0.1, 0.15) is 45.0 Å². The van der Waals surface area contributed by atoms with Crippen LogP contribution < -0.4 is 0 Å². The van der Waals surface area contributed by atoms with Gasteiger partial charge in [0.15, 0.2) is 0 Å². The number of imide groups is 1. The van der Waals surface area contributed by atoms with Gasteiger partial charge in [-0.05, 0) is 71.2 Å². The summed E-state index contributed by atoms with van der Waals surface area (Å²) in [7, 11) is -3.93. The second-order valence-electron chi connectivity index (χ2n) is 10.4. The van der Waals surface area contributed by atoms with E-state index in [0.29, 0.717) is 35.2 Å². The number of benzene rings is 2. The third kappa shape index (κ3) is 4.86. The van der Waals surface area contributed by atoms with Crippen molar-refractivity contribution in [3.63, 3.8) is 0 Å². The number of hydrogen-bond acceptors (Lipinski definition) is 8. The molecule has 13 heteroatoms. The number of hydrogen-bond donors (Lipinski definition) is 0. The lowest BCUT2D eigenvalue weighted by atomic mass is 9.74. The van der Waals surface area contributed by atoms with Crippen molar-refractivity contribution in [3.05, 3.63) is 98.3 Å². The van der Waals surface area contributed by atoms with Crippen LogP contribution in [0.15, 0.2) is 76.4 Å². The summed E-state index contributed by atoms with van der Waals surface area (Å²) >= 11 is 3.37. The second-order valence-corrected chi connectivity index (χ2v) is 13.2. The first-order valence-electron chi connectivity index (χ1n) is 13.2. The first-order valence-corrected chi connectivity index (χ1v) is 15.5. The zero-order valence-electron chi connectivity index (χ0n) is 21.8. The van der Waals surface area contributed by atoms with Crippen molar-refractivity contribution in [1.82, 2.24) is 19.1 Å². The molecule has 1 aromatic heterocycles. The van der Waals surface area contributed by atoms with Crippen molar-refractivity contribution in [1.29, 1.82) is 0 Å². The number of nitro benzene ring substituents is 1. The van der Waals surface area contributed by atoms with Crippen molar-refractivity contribution < 1.29 is 22.9 Å². The summed E-state index contributed by atoms with van der Waals surface area (Å²) in [6.07, 6.45) is 3.10. The van der Waals surface area contributed by atoms with Crippen LogP contribution in [0.3, 0.4) is 0 Å². The van der Waals surface area contributed by atoms with E-state index < -0.39 is 14.9 Å². The summed E-state index contributed by atoms with van der Waals surface area (Å²) in [5.74, 6) is -0.833. The van der Waals surface area contributed by atoms with Crippen molar-refractivity contribution in [2.45, 2.75) is 35.7 Å². The minimum atomic E-state index is -3.93. The molecule has 3 aliphatic rings. The number of carbonyl (C=O) groups excluding carboxylic acids is 2. The highest BCUT2D eigenvalue weighted by Crippen LogP contribution is 2.44. The van der Waals surface area contributed by atoms with Gasteiger partial charge in [-0.3, -0.25) is 29.5 Å². The Morgan fingerprint density at radius 1 is 0.951 bits per heavy atom. The van der Waals surface area contributed by atoms with Gasteiger partial charge in [0.05, 0.1) is 20.9 Å². The maximum atomic E-state index is 13.7. The lowest BCUT2D eigenvalue weighted by molar-refractivity contribution is -0.384. The minimum Gasteiger partial charge on any atom is -0.293 e. The maximum absolute atomic E-state index is 13.7. The Hall–Kier alpha value is -3.52. The molecule has 2 fully saturated rings. The summed E-state index contributed by atoms with van der Waals surface area (Å²) in [5.41, 5.74) is 1.50. The first kappa shape index (κ1) is 27.6. The monoisotopic (exact) mass is 639 g/mol. The molecule has 0 N–H and O–H groups in total. The molecule has 41 heavy (non-hydrogen) atoms. The summed E-state index contributed by atoms with van der Waals surface area (Å²) < 4.78 is 29.5. The number of nitrogens with zero attached hydrogens (tertiary/aromatic N) is 5. The van der Waals surface area contributed by atoms with Crippen molar-refractivity contribution in [3.8, 4) is 0 Å². The van der Waals surface area contributed by atoms with E-state index in [1.165, 1.54) is 33.5 Å². The molecule has 0 spiro atoms. The van der Waals surface area contributed by atoms with Gasteiger partial charge >= 0.3 is 0 Å². The zero-order valence-corrected chi connectivity index (χ0v) is 24.2. The fraction of sp³-hybridized carbons (Fsp3) is 0.321. The Kier molecular flexibility index (Phi) is 7.22.